The maximum Gasteiger partial charge on any atom is 0.416 e. The average Bonchev–Trinajstić information content (AvgIpc) is 2.83. The summed E-state index contributed by atoms with van der Waals surface area (Å²) in [7, 11) is 0. The third-order valence-corrected chi connectivity index (χ3v) is 3.32. The number of nitrogens with two attached hydrogens (primary N) is 1. The highest BCUT2D eigenvalue weighted by Crippen LogP contribution is 2.36. The Labute approximate surface area is 106 Å². The first-order chi connectivity index (χ1) is 8.54. The second kappa shape index (κ2) is 5.09. The van der Waals surface area contributed by atoms with Crippen molar-refractivity contribution in [3.8, 4) is 0 Å². The fraction of sp³-hybridized carbons (Fsp3) is 0.167. The van der Waals surface area contributed by atoms with Gasteiger partial charge >= 0.3 is 6.18 Å². The van der Waals surface area contributed by atoms with Crippen LogP contribution in [0, 0.1) is 0 Å². The Morgan fingerprint density at radius 3 is 2.44 bits per heavy atom. The third-order valence-electron chi connectivity index (χ3n) is 2.62. The van der Waals surface area contributed by atoms with Crippen molar-refractivity contribution in [1.29, 1.82) is 0 Å². The van der Waals surface area contributed by atoms with E-state index in [1.54, 1.807) is 22.9 Å². The van der Waals surface area contributed by atoms with Crippen molar-refractivity contribution >= 4 is 11.3 Å². The van der Waals surface area contributed by atoms with Gasteiger partial charge in [-0.1, -0.05) is 18.2 Å². The second-order valence-electron chi connectivity index (χ2n) is 3.74. The molecule has 2 aromatic rings. The van der Waals surface area contributed by atoms with Crippen LogP contribution in [0.5, 0.6) is 0 Å². The topological polar surface area (TPSA) is 38.0 Å². The van der Waals surface area contributed by atoms with Gasteiger partial charge in [0.05, 0.1) is 11.6 Å². The van der Waals surface area contributed by atoms with Gasteiger partial charge in [-0.05, 0) is 34.0 Å². The van der Waals surface area contributed by atoms with Crippen LogP contribution in [0.1, 0.15) is 22.7 Å². The fourth-order valence-corrected chi connectivity index (χ4v) is 2.50. The molecule has 1 aromatic carbocycles. The van der Waals surface area contributed by atoms with Crippen molar-refractivity contribution in [2.75, 3.05) is 0 Å². The monoisotopic (exact) mass is 272 g/mol. The molecule has 0 amide bonds. The van der Waals surface area contributed by atoms with Crippen LogP contribution >= 0.6 is 11.3 Å². The van der Waals surface area contributed by atoms with Crippen LogP contribution in [0.15, 0.2) is 41.1 Å². The largest absolute Gasteiger partial charge is 0.416 e. The van der Waals surface area contributed by atoms with Crippen LogP contribution < -0.4 is 11.3 Å². The molecule has 0 radical (unpaired) electrons. The molecule has 96 valence electrons. The predicted molar refractivity (Wildman–Crippen MR) is 64.9 cm³/mol. The van der Waals surface area contributed by atoms with Gasteiger partial charge in [-0.15, -0.1) is 0 Å². The summed E-state index contributed by atoms with van der Waals surface area (Å²) in [5.41, 5.74) is 2.62. The lowest BCUT2D eigenvalue weighted by atomic mass is 9.96. The second-order valence-corrected chi connectivity index (χ2v) is 4.52. The number of halogens is 3. The fourth-order valence-electron chi connectivity index (χ4n) is 1.81. The molecule has 1 heterocycles. The Bertz CT molecular complexity index is 508. The lowest BCUT2D eigenvalue weighted by Gasteiger charge is -2.20. The molecule has 2 rings (SSSR count). The highest BCUT2D eigenvalue weighted by Gasteiger charge is 2.35. The van der Waals surface area contributed by atoms with E-state index in [9.17, 15) is 13.2 Å². The molecular formula is C12H11F3N2S. The van der Waals surface area contributed by atoms with E-state index in [4.69, 9.17) is 5.84 Å². The molecular weight excluding hydrogens is 261 g/mol. The predicted octanol–water partition coefficient (Wildman–Crippen LogP) is 3.32. The van der Waals surface area contributed by atoms with Gasteiger partial charge in [0.15, 0.2) is 0 Å². The number of benzene rings is 1. The van der Waals surface area contributed by atoms with Crippen LogP contribution in [0.3, 0.4) is 0 Å². The minimum absolute atomic E-state index is 0.130. The van der Waals surface area contributed by atoms with E-state index in [0.29, 0.717) is 0 Å². The Hall–Kier alpha value is -1.37. The molecule has 3 N–H and O–H groups in total. The third kappa shape index (κ3) is 2.55. The van der Waals surface area contributed by atoms with E-state index >= 15 is 0 Å². The number of hydrogen-bond donors (Lipinski definition) is 2. The molecule has 0 aliphatic rings. The van der Waals surface area contributed by atoms with Crippen molar-refractivity contribution in [2.45, 2.75) is 12.2 Å². The zero-order valence-corrected chi connectivity index (χ0v) is 10.1. The maximum absolute atomic E-state index is 12.9. The molecule has 2 nitrogen and oxygen atoms in total. The first-order valence-electron chi connectivity index (χ1n) is 5.18. The van der Waals surface area contributed by atoms with Gasteiger partial charge in [0.25, 0.3) is 0 Å². The maximum atomic E-state index is 12.9. The zero-order chi connectivity index (χ0) is 13.2. The van der Waals surface area contributed by atoms with Crippen LogP contribution in [-0.4, -0.2) is 0 Å². The number of nitrogens with one attached hydrogen (secondary N) is 1. The van der Waals surface area contributed by atoms with Gasteiger partial charge < -0.3 is 0 Å². The average molecular weight is 272 g/mol. The summed E-state index contributed by atoms with van der Waals surface area (Å²) in [6.07, 6.45) is -4.39. The zero-order valence-electron chi connectivity index (χ0n) is 9.24. The normalized spacial score (nSPS) is 13.6. The SMILES string of the molecule is NNC(c1ccsc1)c1ccccc1C(F)(F)F. The number of alkyl halides is 3. The quantitative estimate of drug-likeness (QED) is 0.664. The van der Waals surface area contributed by atoms with Crippen LogP contribution in [0.2, 0.25) is 0 Å². The Balaban J connectivity index is 2.50. The van der Waals surface area contributed by atoms with Gasteiger partial charge in [0.1, 0.15) is 0 Å². The van der Waals surface area contributed by atoms with Gasteiger partial charge in [-0.3, -0.25) is 5.84 Å². The van der Waals surface area contributed by atoms with Crippen LogP contribution in [0.4, 0.5) is 13.2 Å². The van der Waals surface area contributed by atoms with E-state index < -0.39 is 17.8 Å². The van der Waals surface area contributed by atoms with Crippen LogP contribution in [0.25, 0.3) is 0 Å². The molecule has 0 saturated carbocycles. The highest BCUT2D eigenvalue weighted by atomic mass is 32.1. The lowest BCUT2D eigenvalue weighted by Crippen LogP contribution is -2.30. The number of hydrazine groups is 1. The Kier molecular flexibility index (Phi) is 3.70. The van der Waals surface area contributed by atoms with Crippen LogP contribution in [-0.2, 0) is 6.18 Å². The Morgan fingerprint density at radius 1 is 1.17 bits per heavy atom. The summed E-state index contributed by atoms with van der Waals surface area (Å²) in [5.74, 6) is 5.40. The summed E-state index contributed by atoms with van der Waals surface area (Å²) in [5, 5.41) is 3.58. The number of rotatable bonds is 3. The van der Waals surface area contributed by atoms with Gasteiger partial charge in [0, 0.05) is 0 Å². The number of hydrogen-bond acceptors (Lipinski definition) is 3. The first kappa shape index (κ1) is 13.1. The standard InChI is InChI=1S/C12H11F3N2S/c13-12(14,15)10-4-2-1-3-9(10)11(17-16)8-5-6-18-7-8/h1-7,11,17H,16H2. The minimum Gasteiger partial charge on any atom is -0.271 e. The molecule has 6 heteroatoms. The van der Waals surface area contributed by atoms with Crippen molar-refractivity contribution in [3.05, 3.63) is 57.8 Å². The van der Waals surface area contributed by atoms with E-state index in [-0.39, 0.29) is 5.56 Å². The van der Waals surface area contributed by atoms with Crippen molar-refractivity contribution in [1.82, 2.24) is 5.43 Å². The van der Waals surface area contributed by atoms with E-state index in [0.717, 1.165) is 11.6 Å². The van der Waals surface area contributed by atoms with Gasteiger partial charge in [0.2, 0.25) is 0 Å². The smallest absolute Gasteiger partial charge is 0.271 e. The molecule has 0 saturated heterocycles. The van der Waals surface area contributed by atoms with E-state index in [1.807, 2.05) is 0 Å². The highest BCUT2D eigenvalue weighted by molar-refractivity contribution is 7.08. The van der Waals surface area contributed by atoms with Gasteiger partial charge in [-0.2, -0.15) is 24.5 Å². The molecule has 0 fully saturated rings. The summed E-state index contributed by atoms with van der Waals surface area (Å²) in [6, 6.07) is 6.53. The van der Waals surface area contributed by atoms with E-state index in [2.05, 4.69) is 5.43 Å². The summed E-state index contributed by atoms with van der Waals surface area (Å²) in [6.45, 7) is 0. The summed E-state index contributed by atoms with van der Waals surface area (Å²) >= 11 is 1.41. The van der Waals surface area contributed by atoms with E-state index in [1.165, 1.54) is 23.5 Å². The molecule has 1 unspecified atom stereocenters. The van der Waals surface area contributed by atoms with Crippen molar-refractivity contribution < 1.29 is 13.2 Å². The lowest BCUT2D eigenvalue weighted by molar-refractivity contribution is -0.138. The molecule has 1 atom stereocenters. The molecule has 1 aromatic heterocycles. The van der Waals surface area contributed by atoms with Gasteiger partial charge in [-0.25, -0.2) is 5.43 Å². The number of thiophene rings is 1. The summed E-state index contributed by atoms with van der Waals surface area (Å²) < 4.78 is 38.8. The summed E-state index contributed by atoms with van der Waals surface area (Å²) in [4.78, 5) is 0. The minimum atomic E-state index is -4.39. The molecule has 18 heavy (non-hydrogen) atoms. The molecule has 0 aliphatic heterocycles. The Morgan fingerprint density at radius 2 is 1.89 bits per heavy atom. The first-order valence-corrected chi connectivity index (χ1v) is 6.12. The molecule has 0 spiro atoms. The van der Waals surface area contributed by atoms with Crippen molar-refractivity contribution in [2.24, 2.45) is 5.84 Å². The molecule has 0 bridgehead atoms. The molecule has 0 aliphatic carbocycles. The van der Waals surface area contributed by atoms with Crippen molar-refractivity contribution in [3.63, 3.8) is 0 Å².